The topological polar surface area (TPSA) is 248 Å². The van der Waals surface area contributed by atoms with Crippen molar-refractivity contribution < 1.29 is 46.7 Å². The van der Waals surface area contributed by atoms with E-state index in [1.807, 2.05) is 0 Å². The van der Waals surface area contributed by atoms with Gasteiger partial charge in [0.2, 0.25) is 5.90 Å². The van der Waals surface area contributed by atoms with Crippen molar-refractivity contribution in [1.29, 1.82) is 0 Å². The fourth-order valence-corrected chi connectivity index (χ4v) is 4.08. The van der Waals surface area contributed by atoms with Crippen LogP contribution in [0.15, 0.2) is 41.1 Å². The lowest BCUT2D eigenvalue weighted by molar-refractivity contribution is -0.386. The molecule has 0 aliphatic carbocycles. The Morgan fingerprint density at radius 3 is 1.69 bits per heavy atom. The third-order valence-corrected chi connectivity index (χ3v) is 6.18. The molecule has 0 saturated carbocycles. The van der Waals surface area contributed by atoms with Crippen LogP contribution >= 0.6 is 0 Å². The molecule has 2 rings (SSSR count). The van der Waals surface area contributed by atoms with Crippen LogP contribution in [0.25, 0.3) is 0 Å². The maximum absolute atomic E-state index is 12.3. The molecule has 0 radical (unpaired) electrons. The van der Waals surface area contributed by atoms with Crippen LogP contribution < -0.4 is 0 Å². The van der Waals surface area contributed by atoms with Crippen molar-refractivity contribution in [3.05, 3.63) is 68.3 Å². The van der Waals surface area contributed by atoms with E-state index in [1.165, 1.54) is 36.7 Å². The summed E-state index contributed by atoms with van der Waals surface area (Å²) in [5, 5.41) is 22.4. The molecule has 0 saturated heterocycles. The first kappa shape index (κ1) is 33.5. The molecule has 0 aliphatic rings. The summed E-state index contributed by atoms with van der Waals surface area (Å²) >= 11 is 0. The standard InChI is InChI=1S/C24H27N5O12S/c1-15(23-17(28(33)34)5-3-13-25-23)7-10-20(30)40-19(27-42(37,38)39)9-12-22(32)41-21(31)11-8-16(2)24-18(29(35)36)6-4-14-26-24/h3-6,13-16H,7-12H2,1-2H3,(H,37,38,39)/b27-19-. The summed E-state index contributed by atoms with van der Waals surface area (Å²) < 4.78 is 43.9. The number of nitro groups is 2. The largest absolute Gasteiger partial charge is 0.411 e. The average molecular weight is 610 g/mol. The van der Waals surface area contributed by atoms with Gasteiger partial charge in [0.05, 0.1) is 16.3 Å². The molecule has 1 N–H and O–H groups in total. The molecular formula is C24H27N5O12S. The molecule has 17 nitrogen and oxygen atoms in total. The van der Waals surface area contributed by atoms with Gasteiger partial charge in [-0.1, -0.05) is 13.8 Å². The lowest BCUT2D eigenvalue weighted by Crippen LogP contribution is -2.18. The minimum atomic E-state index is -5.03. The fourth-order valence-electron chi connectivity index (χ4n) is 3.69. The summed E-state index contributed by atoms with van der Waals surface area (Å²) in [7, 11) is -5.03. The zero-order chi connectivity index (χ0) is 31.4. The van der Waals surface area contributed by atoms with Crippen molar-refractivity contribution in [3.63, 3.8) is 0 Å². The highest BCUT2D eigenvalue weighted by Gasteiger charge is 2.24. The zero-order valence-corrected chi connectivity index (χ0v) is 23.3. The summed E-state index contributed by atoms with van der Waals surface area (Å²) in [5.74, 6) is -5.02. The van der Waals surface area contributed by atoms with Crippen molar-refractivity contribution in [2.24, 2.45) is 4.40 Å². The number of aromatic nitrogens is 2. The molecule has 0 amide bonds. The van der Waals surface area contributed by atoms with Crippen LogP contribution in [-0.2, 0) is 34.2 Å². The molecular weight excluding hydrogens is 582 g/mol. The quantitative estimate of drug-likeness (QED) is 0.0613. The van der Waals surface area contributed by atoms with Crippen LogP contribution in [0.4, 0.5) is 11.4 Å². The fraction of sp³-hybridized carbons (Fsp3) is 0.417. The highest BCUT2D eigenvalue weighted by Crippen LogP contribution is 2.28. The van der Waals surface area contributed by atoms with Gasteiger partial charge in [0.25, 0.3) is 11.4 Å². The SMILES string of the molecule is CC(CCC(=O)OC(=O)CC/C(=N/S(=O)(=O)O)OC(=O)CCC(C)c1ncccc1[N+](=O)[O-])c1ncccc1[N+](=O)[O-]. The Balaban J connectivity index is 1.90. The van der Waals surface area contributed by atoms with E-state index < -0.39 is 68.6 Å². The van der Waals surface area contributed by atoms with Gasteiger partial charge in [-0.3, -0.25) is 49.1 Å². The van der Waals surface area contributed by atoms with Gasteiger partial charge in [-0.05, 0) is 25.0 Å². The molecule has 0 aliphatic heterocycles. The molecule has 0 spiro atoms. The van der Waals surface area contributed by atoms with Gasteiger partial charge < -0.3 is 9.47 Å². The average Bonchev–Trinajstić information content (AvgIpc) is 2.92. The van der Waals surface area contributed by atoms with E-state index >= 15 is 0 Å². The van der Waals surface area contributed by atoms with E-state index in [1.54, 1.807) is 13.8 Å². The van der Waals surface area contributed by atoms with Gasteiger partial charge in [-0.15, -0.1) is 4.40 Å². The van der Waals surface area contributed by atoms with Gasteiger partial charge in [0.15, 0.2) is 0 Å². The molecule has 18 heteroatoms. The first-order valence-electron chi connectivity index (χ1n) is 12.4. The van der Waals surface area contributed by atoms with E-state index in [2.05, 4.69) is 19.1 Å². The summed E-state index contributed by atoms with van der Waals surface area (Å²) in [6.07, 6.45) is 0.852. The molecule has 42 heavy (non-hydrogen) atoms. The lowest BCUT2D eigenvalue weighted by Gasteiger charge is -2.11. The number of esters is 3. The Hall–Kier alpha value is -4.71. The number of carbonyl (C=O) groups excluding carboxylic acids is 3. The predicted molar refractivity (Wildman–Crippen MR) is 142 cm³/mol. The molecule has 0 fully saturated rings. The predicted octanol–water partition coefficient (Wildman–Crippen LogP) is 3.36. The minimum Gasteiger partial charge on any atom is -0.411 e. The first-order chi connectivity index (χ1) is 19.7. The molecule has 2 aromatic rings. The Morgan fingerprint density at radius 1 is 0.833 bits per heavy atom. The number of hydrogen-bond acceptors (Lipinski definition) is 13. The highest BCUT2D eigenvalue weighted by atomic mass is 32.2. The molecule has 2 heterocycles. The van der Waals surface area contributed by atoms with Gasteiger partial charge in [-0.2, -0.15) is 8.42 Å². The molecule has 2 atom stereocenters. The second-order valence-corrected chi connectivity index (χ2v) is 10.0. The number of ether oxygens (including phenoxy) is 2. The van der Waals surface area contributed by atoms with E-state index in [-0.39, 0.29) is 48.4 Å². The van der Waals surface area contributed by atoms with Crippen LogP contribution in [0.1, 0.15) is 75.6 Å². The summed E-state index contributed by atoms with van der Waals surface area (Å²) in [6, 6.07) is 5.31. The number of nitrogens with zero attached hydrogens (tertiary/aromatic N) is 5. The van der Waals surface area contributed by atoms with Crippen LogP contribution in [0.2, 0.25) is 0 Å². The van der Waals surface area contributed by atoms with Gasteiger partial charge in [-0.25, -0.2) is 0 Å². The van der Waals surface area contributed by atoms with Gasteiger partial charge >= 0.3 is 28.2 Å². The van der Waals surface area contributed by atoms with E-state index in [0.717, 1.165) is 0 Å². The Morgan fingerprint density at radius 2 is 1.26 bits per heavy atom. The molecule has 2 aromatic heterocycles. The minimum absolute atomic E-state index is 0.0203. The second-order valence-electron chi connectivity index (χ2n) is 8.96. The third-order valence-electron chi connectivity index (χ3n) is 5.74. The van der Waals surface area contributed by atoms with Crippen molar-refractivity contribution in [3.8, 4) is 0 Å². The Labute approximate surface area is 239 Å². The summed E-state index contributed by atoms with van der Waals surface area (Å²) in [5.41, 5.74) is -0.181. The van der Waals surface area contributed by atoms with Crippen LogP contribution in [0.3, 0.4) is 0 Å². The maximum atomic E-state index is 12.3. The van der Waals surface area contributed by atoms with E-state index in [0.29, 0.717) is 0 Å². The van der Waals surface area contributed by atoms with Crippen molar-refractivity contribution in [2.45, 2.75) is 64.2 Å². The van der Waals surface area contributed by atoms with Crippen molar-refractivity contribution in [2.75, 3.05) is 0 Å². The number of pyridine rings is 2. The Kier molecular flexibility index (Phi) is 12.2. The zero-order valence-electron chi connectivity index (χ0n) is 22.4. The van der Waals surface area contributed by atoms with E-state index in [9.17, 15) is 43.0 Å². The number of hydrogen-bond donors (Lipinski definition) is 1. The number of carbonyl (C=O) groups is 3. The normalized spacial score (nSPS) is 13.1. The highest BCUT2D eigenvalue weighted by molar-refractivity contribution is 7.84. The smallest absolute Gasteiger partial charge is 0.381 e. The van der Waals surface area contributed by atoms with E-state index in [4.69, 9.17) is 9.29 Å². The molecule has 226 valence electrons. The van der Waals surface area contributed by atoms with Crippen LogP contribution in [0.5, 0.6) is 0 Å². The number of rotatable bonds is 14. The summed E-state index contributed by atoms with van der Waals surface area (Å²) in [6.45, 7) is 3.19. The lowest BCUT2D eigenvalue weighted by atomic mass is 10.00. The molecule has 2 unspecified atom stereocenters. The first-order valence-corrected chi connectivity index (χ1v) is 13.8. The van der Waals surface area contributed by atoms with Crippen molar-refractivity contribution in [1.82, 2.24) is 9.97 Å². The van der Waals surface area contributed by atoms with Crippen molar-refractivity contribution >= 4 is 45.5 Å². The molecule has 0 bridgehead atoms. The van der Waals surface area contributed by atoms with Gasteiger partial charge in [0, 0.05) is 55.6 Å². The maximum Gasteiger partial charge on any atom is 0.381 e. The monoisotopic (exact) mass is 609 g/mol. The van der Waals surface area contributed by atoms with Gasteiger partial charge in [0.1, 0.15) is 11.4 Å². The van der Waals surface area contributed by atoms with Crippen LogP contribution in [0, 0.1) is 20.2 Å². The molecule has 0 aromatic carbocycles. The Bertz CT molecular complexity index is 1480. The second kappa shape index (κ2) is 15.3. The summed E-state index contributed by atoms with van der Waals surface area (Å²) in [4.78, 5) is 65.6. The van der Waals surface area contributed by atoms with Crippen LogP contribution in [-0.4, -0.2) is 56.6 Å². The third kappa shape index (κ3) is 11.0.